The number of hydrogen-bond donors (Lipinski definition) is 0. The smallest absolute Gasteiger partial charge is 0.0787 e. The highest BCUT2D eigenvalue weighted by Crippen LogP contribution is 2.46. The molecule has 0 saturated carbocycles. The standard InChI is InChI=1S/C15H18S3/c1-16-12-7-6-10-15(11-12,18-3)13-8-4-5-9-14(13)17-2/h4-6,8-11H,7H2,1-3H3. The first kappa shape index (κ1) is 14.2. The third kappa shape index (κ3) is 2.68. The first-order valence-corrected chi connectivity index (χ1v) is 9.55. The molecule has 0 N–H and O–H groups in total. The normalized spacial score (nSPS) is 22.9. The molecule has 0 nitrogen and oxygen atoms in total. The van der Waals surface area contributed by atoms with Gasteiger partial charge in [0.25, 0.3) is 0 Å². The predicted molar refractivity (Wildman–Crippen MR) is 88.8 cm³/mol. The lowest BCUT2D eigenvalue weighted by molar-refractivity contribution is 0.922. The van der Waals surface area contributed by atoms with E-state index in [1.807, 2.05) is 35.3 Å². The van der Waals surface area contributed by atoms with Crippen molar-refractivity contribution < 1.29 is 0 Å². The van der Waals surface area contributed by atoms with E-state index in [9.17, 15) is 0 Å². The lowest BCUT2D eigenvalue weighted by Crippen LogP contribution is -2.19. The highest BCUT2D eigenvalue weighted by molar-refractivity contribution is 8.02. The Morgan fingerprint density at radius 3 is 2.50 bits per heavy atom. The second-order valence-electron chi connectivity index (χ2n) is 4.12. The number of allylic oxidation sites excluding steroid dienone is 2. The van der Waals surface area contributed by atoms with Crippen molar-refractivity contribution in [2.45, 2.75) is 16.1 Å². The lowest BCUT2D eigenvalue weighted by Gasteiger charge is -2.31. The number of thioether (sulfide) groups is 3. The average molecular weight is 295 g/mol. The van der Waals surface area contributed by atoms with E-state index in [1.165, 1.54) is 15.4 Å². The molecule has 0 saturated heterocycles. The third-order valence-electron chi connectivity index (χ3n) is 3.19. The topological polar surface area (TPSA) is 0 Å². The molecule has 0 heterocycles. The molecule has 0 radical (unpaired) electrons. The van der Waals surface area contributed by atoms with Crippen LogP contribution in [0.25, 0.3) is 0 Å². The molecule has 1 aliphatic rings. The molecule has 18 heavy (non-hydrogen) atoms. The molecule has 0 aromatic heterocycles. The van der Waals surface area contributed by atoms with Crippen molar-refractivity contribution >= 4 is 35.3 Å². The summed E-state index contributed by atoms with van der Waals surface area (Å²) in [6.45, 7) is 0. The highest BCUT2D eigenvalue weighted by atomic mass is 32.2. The zero-order valence-corrected chi connectivity index (χ0v) is 13.4. The summed E-state index contributed by atoms with van der Waals surface area (Å²) in [5, 5.41) is 0. The van der Waals surface area contributed by atoms with E-state index in [2.05, 4.69) is 61.3 Å². The minimum absolute atomic E-state index is 0.0101. The fraction of sp³-hybridized carbons (Fsp3) is 0.333. The Morgan fingerprint density at radius 2 is 1.83 bits per heavy atom. The van der Waals surface area contributed by atoms with Gasteiger partial charge < -0.3 is 0 Å². The zero-order valence-electron chi connectivity index (χ0n) is 11.0. The maximum Gasteiger partial charge on any atom is 0.0787 e. The summed E-state index contributed by atoms with van der Waals surface area (Å²) in [5.74, 6) is 0. The van der Waals surface area contributed by atoms with Crippen molar-refractivity contribution in [1.82, 2.24) is 0 Å². The first-order valence-electron chi connectivity index (χ1n) is 5.88. The van der Waals surface area contributed by atoms with Crippen LogP contribution < -0.4 is 0 Å². The van der Waals surface area contributed by atoms with Crippen LogP contribution in [-0.4, -0.2) is 18.8 Å². The van der Waals surface area contributed by atoms with Gasteiger partial charge in [0.1, 0.15) is 0 Å². The summed E-state index contributed by atoms with van der Waals surface area (Å²) in [7, 11) is 0. The van der Waals surface area contributed by atoms with Gasteiger partial charge in [-0.05, 0) is 41.7 Å². The van der Waals surface area contributed by atoms with Crippen LogP contribution in [0.3, 0.4) is 0 Å². The van der Waals surface area contributed by atoms with E-state index in [-0.39, 0.29) is 4.75 Å². The third-order valence-corrected chi connectivity index (χ3v) is 5.94. The van der Waals surface area contributed by atoms with Gasteiger partial charge in [-0.2, -0.15) is 0 Å². The van der Waals surface area contributed by atoms with Crippen LogP contribution in [0.2, 0.25) is 0 Å². The van der Waals surface area contributed by atoms with Crippen LogP contribution >= 0.6 is 35.3 Å². The number of benzene rings is 1. The van der Waals surface area contributed by atoms with Crippen LogP contribution in [0, 0.1) is 0 Å². The summed E-state index contributed by atoms with van der Waals surface area (Å²) in [4.78, 5) is 2.83. The second kappa shape index (κ2) is 6.27. The Labute approximate surface area is 123 Å². The van der Waals surface area contributed by atoms with E-state index in [4.69, 9.17) is 0 Å². The van der Waals surface area contributed by atoms with E-state index >= 15 is 0 Å². The van der Waals surface area contributed by atoms with Crippen LogP contribution in [0.1, 0.15) is 12.0 Å². The minimum Gasteiger partial charge on any atom is -0.145 e. The van der Waals surface area contributed by atoms with Gasteiger partial charge in [-0.1, -0.05) is 36.4 Å². The molecule has 2 rings (SSSR count). The Balaban J connectivity index is 2.53. The van der Waals surface area contributed by atoms with Crippen molar-refractivity contribution in [2.75, 3.05) is 18.8 Å². The largest absolute Gasteiger partial charge is 0.145 e. The predicted octanol–water partition coefficient (Wildman–Crippen LogP) is 5.17. The molecule has 1 unspecified atom stereocenters. The zero-order chi connectivity index (χ0) is 13.0. The minimum atomic E-state index is 0.0101. The summed E-state index contributed by atoms with van der Waals surface area (Å²) < 4.78 is 0.0101. The quantitative estimate of drug-likeness (QED) is 0.555. The molecule has 96 valence electrons. The van der Waals surface area contributed by atoms with Gasteiger partial charge in [-0.25, -0.2) is 0 Å². The van der Waals surface area contributed by atoms with Gasteiger partial charge in [0, 0.05) is 4.90 Å². The van der Waals surface area contributed by atoms with Gasteiger partial charge in [-0.3, -0.25) is 0 Å². The molecule has 0 spiro atoms. The van der Waals surface area contributed by atoms with Crippen LogP contribution in [0.5, 0.6) is 0 Å². The molecule has 0 aliphatic heterocycles. The maximum atomic E-state index is 2.43. The fourth-order valence-electron chi connectivity index (χ4n) is 2.21. The van der Waals surface area contributed by atoms with Crippen molar-refractivity contribution in [2.24, 2.45) is 0 Å². The molecule has 0 bridgehead atoms. The van der Waals surface area contributed by atoms with E-state index in [0.29, 0.717) is 0 Å². The molecular formula is C15H18S3. The summed E-state index contributed by atoms with van der Waals surface area (Å²) >= 11 is 5.59. The molecule has 1 aliphatic carbocycles. The molecule has 0 amide bonds. The van der Waals surface area contributed by atoms with Gasteiger partial charge in [0.2, 0.25) is 0 Å². The molecule has 1 atom stereocenters. The second-order valence-corrected chi connectivity index (χ2v) is 6.98. The summed E-state index contributed by atoms with van der Waals surface area (Å²) in [6.07, 6.45) is 14.7. The van der Waals surface area contributed by atoms with Crippen LogP contribution in [-0.2, 0) is 4.75 Å². The van der Waals surface area contributed by atoms with Crippen molar-refractivity contribution in [3.63, 3.8) is 0 Å². The Bertz CT molecular complexity index is 476. The Hall–Kier alpha value is -0.250. The van der Waals surface area contributed by atoms with E-state index in [0.717, 1.165) is 6.42 Å². The molecule has 1 aromatic rings. The molecular weight excluding hydrogens is 276 g/mol. The van der Waals surface area contributed by atoms with Crippen molar-refractivity contribution in [3.8, 4) is 0 Å². The van der Waals surface area contributed by atoms with Gasteiger partial charge >= 0.3 is 0 Å². The average Bonchev–Trinajstić information content (AvgIpc) is 2.47. The fourth-order valence-corrected chi connectivity index (χ4v) is 4.48. The summed E-state index contributed by atoms with van der Waals surface area (Å²) in [5.41, 5.74) is 1.41. The lowest BCUT2D eigenvalue weighted by atomic mass is 9.93. The highest BCUT2D eigenvalue weighted by Gasteiger charge is 2.30. The maximum absolute atomic E-state index is 2.43. The van der Waals surface area contributed by atoms with Gasteiger partial charge in [-0.15, -0.1) is 35.3 Å². The summed E-state index contributed by atoms with van der Waals surface area (Å²) in [6, 6.07) is 8.73. The molecule has 3 heteroatoms. The Kier molecular flexibility index (Phi) is 4.93. The van der Waals surface area contributed by atoms with E-state index in [1.54, 1.807) is 0 Å². The molecule has 1 aromatic carbocycles. The van der Waals surface area contributed by atoms with E-state index < -0.39 is 0 Å². The molecule has 0 fully saturated rings. The SMILES string of the molecule is CSC1=CC(SC)(c2ccccc2SC)C=CC1. The van der Waals surface area contributed by atoms with Gasteiger partial charge in [0.05, 0.1) is 4.75 Å². The van der Waals surface area contributed by atoms with Gasteiger partial charge in [0.15, 0.2) is 0 Å². The first-order chi connectivity index (χ1) is 8.75. The Morgan fingerprint density at radius 1 is 1.06 bits per heavy atom. The van der Waals surface area contributed by atoms with Crippen molar-refractivity contribution in [1.29, 1.82) is 0 Å². The van der Waals surface area contributed by atoms with Crippen LogP contribution in [0.15, 0.2) is 52.3 Å². The number of rotatable bonds is 4. The monoisotopic (exact) mass is 294 g/mol. The number of hydrogen-bond acceptors (Lipinski definition) is 3. The van der Waals surface area contributed by atoms with Crippen molar-refractivity contribution in [3.05, 3.63) is 53.0 Å². The van der Waals surface area contributed by atoms with Crippen LogP contribution in [0.4, 0.5) is 0 Å².